The summed E-state index contributed by atoms with van der Waals surface area (Å²) in [5.74, 6) is -0.00897. The number of rotatable bonds is 42. The van der Waals surface area contributed by atoms with E-state index < -0.39 is 0 Å². The van der Waals surface area contributed by atoms with E-state index in [-0.39, 0.29) is 30.8 Å². The summed E-state index contributed by atoms with van der Waals surface area (Å²) in [7, 11) is 0. The monoisotopic (exact) mass is 738 g/mol. The highest BCUT2D eigenvalue weighted by Gasteiger charge is 2.15. The minimum atomic E-state index is -0.0279. The molecule has 0 unspecified atom stereocenters. The number of nitrogens with zero attached hydrogens (tertiary/aromatic N) is 1. The molecule has 310 valence electrons. The highest BCUT2D eigenvalue weighted by molar-refractivity contribution is 5.69. The highest BCUT2D eigenvalue weighted by atomic mass is 16.5. The van der Waals surface area contributed by atoms with Crippen molar-refractivity contribution in [2.24, 2.45) is 0 Å². The van der Waals surface area contributed by atoms with Crippen molar-refractivity contribution in [2.45, 2.75) is 258 Å². The zero-order valence-electron chi connectivity index (χ0n) is 35.6. The standard InChI is InChI=1S/C46H91NO5/c1-5-8-11-14-19-26-34-43(4)51-45(49)37-29-22-17-24-31-39-47(41-33-42-48)40-32-25-18-23-30-38-46(50)52-44(35-27-20-15-12-9-6-2)36-28-21-16-13-10-7-3/h43-44,48H,5-42H2,1-4H3/t43-/m1/s1. The molecule has 1 N–H and O–H groups in total. The van der Waals surface area contributed by atoms with Crippen LogP contribution in [0.2, 0.25) is 0 Å². The predicted octanol–water partition coefficient (Wildman–Crippen LogP) is 13.4. The average Bonchev–Trinajstić information content (AvgIpc) is 3.13. The Kier molecular flexibility index (Phi) is 40.1. The first-order valence-electron chi connectivity index (χ1n) is 23.2. The Morgan fingerprint density at radius 3 is 1.23 bits per heavy atom. The fourth-order valence-corrected chi connectivity index (χ4v) is 7.27. The average molecular weight is 738 g/mol. The van der Waals surface area contributed by atoms with Gasteiger partial charge in [-0.25, -0.2) is 0 Å². The predicted molar refractivity (Wildman–Crippen MR) is 223 cm³/mol. The van der Waals surface area contributed by atoms with E-state index in [1.165, 1.54) is 141 Å². The largest absolute Gasteiger partial charge is 0.463 e. The normalized spacial score (nSPS) is 12.2. The molecule has 6 heteroatoms. The molecular weight excluding hydrogens is 647 g/mol. The van der Waals surface area contributed by atoms with Gasteiger partial charge in [-0.2, -0.15) is 0 Å². The van der Waals surface area contributed by atoms with E-state index in [1.807, 2.05) is 6.92 Å². The van der Waals surface area contributed by atoms with Gasteiger partial charge in [-0.05, 0) is 90.6 Å². The molecular formula is C46H91NO5. The van der Waals surface area contributed by atoms with Crippen molar-refractivity contribution in [3.05, 3.63) is 0 Å². The Balaban J connectivity index is 4.07. The summed E-state index contributed by atoms with van der Waals surface area (Å²) in [6.45, 7) is 12.2. The molecule has 0 heterocycles. The molecule has 0 aromatic carbocycles. The number of unbranched alkanes of at least 4 members (excludes halogenated alkanes) is 23. The molecule has 0 rings (SSSR count). The van der Waals surface area contributed by atoms with Crippen LogP contribution in [0, 0.1) is 0 Å². The van der Waals surface area contributed by atoms with E-state index >= 15 is 0 Å². The molecule has 52 heavy (non-hydrogen) atoms. The van der Waals surface area contributed by atoms with Gasteiger partial charge in [0, 0.05) is 26.0 Å². The quantitative estimate of drug-likeness (QED) is 0.0496. The van der Waals surface area contributed by atoms with Crippen molar-refractivity contribution in [2.75, 3.05) is 26.2 Å². The van der Waals surface area contributed by atoms with Gasteiger partial charge in [-0.3, -0.25) is 9.59 Å². The second-order valence-corrected chi connectivity index (χ2v) is 16.0. The van der Waals surface area contributed by atoms with Crippen molar-refractivity contribution in [3.8, 4) is 0 Å². The number of ether oxygens (including phenoxy) is 2. The summed E-state index contributed by atoms with van der Waals surface area (Å²) in [4.78, 5) is 27.5. The van der Waals surface area contributed by atoms with Gasteiger partial charge in [0.1, 0.15) is 6.10 Å². The van der Waals surface area contributed by atoms with Gasteiger partial charge >= 0.3 is 11.9 Å². The summed E-state index contributed by atoms with van der Waals surface area (Å²) in [5.41, 5.74) is 0. The van der Waals surface area contributed by atoms with Crippen molar-refractivity contribution in [1.82, 2.24) is 4.90 Å². The third-order valence-corrected chi connectivity index (χ3v) is 10.7. The van der Waals surface area contributed by atoms with Gasteiger partial charge in [0.2, 0.25) is 0 Å². The van der Waals surface area contributed by atoms with Crippen molar-refractivity contribution in [3.63, 3.8) is 0 Å². The summed E-state index contributed by atoms with van der Waals surface area (Å²) in [6, 6.07) is 0. The molecule has 0 saturated heterocycles. The van der Waals surface area contributed by atoms with E-state index in [2.05, 4.69) is 25.7 Å². The molecule has 1 atom stereocenters. The number of aliphatic hydroxyl groups is 1. The molecule has 0 saturated carbocycles. The second-order valence-electron chi connectivity index (χ2n) is 16.0. The van der Waals surface area contributed by atoms with E-state index in [1.54, 1.807) is 0 Å². The van der Waals surface area contributed by atoms with E-state index in [4.69, 9.17) is 9.47 Å². The summed E-state index contributed by atoms with van der Waals surface area (Å²) >= 11 is 0. The van der Waals surface area contributed by atoms with Crippen LogP contribution in [0.25, 0.3) is 0 Å². The minimum Gasteiger partial charge on any atom is -0.463 e. The first-order chi connectivity index (χ1) is 25.5. The van der Waals surface area contributed by atoms with Crippen LogP contribution in [-0.2, 0) is 19.1 Å². The van der Waals surface area contributed by atoms with Crippen LogP contribution < -0.4 is 0 Å². The fourth-order valence-electron chi connectivity index (χ4n) is 7.27. The summed E-state index contributed by atoms with van der Waals surface area (Å²) < 4.78 is 11.7. The maximum Gasteiger partial charge on any atom is 0.306 e. The number of aliphatic hydroxyl groups excluding tert-OH is 1. The molecule has 0 aliphatic heterocycles. The molecule has 0 amide bonds. The van der Waals surface area contributed by atoms with Gasteiger partial charge in [0.25, 0.3) is 0 Å². The van der Waals surface area contributed by atoms with Crippen LogP contribution in [0.4, 0.5) is 0 Å². The van der Waals surface area contributed by atoms with Crippen LogP contribution in [0.3, 0.4) is 0 Å². The molecule has 0 aliphatic carbocycles. The number of hydrogen-bond donors (Lipinski definition) is 1. The SMILES string of the molecule is CCCCCCCCC(CCCCCCCC)OC(=O)CCCCCCCN(CCCO)CCCCCCCC(=O)O[C@H](C)CCCCCCCC. The Morgan fingerprint density at radius 1 is 0.442 bits per heavy atom. The molecule has 0 fully saturated rings. The van der Waals surface area contributed by atoms with Crippen LogP contribution in [-0.4, -0.2) is 60.4 Å². The summed E-state index contributed by atoms with van der Waals surface area (Å²) in [5, 5.41) is 9.40. The second kappa shape index (κ2) is 41.0. The van der Waals surface area contributed by atoms with Crippen LogP contribution in [0.5, 0.6) is 0 Å². The van der Waals surface area contributed by atoms with Crippen LogP contribution in [0.1, 0.15) is 246 Å². The Bertz CT molecular complexity index is 730. The van der Waals surface area contributed by atoms with Gasteiger partial charge in [-0.15, -0.1) is 0 Å². The zero-order chi connectivity index (χ0) is 38.2. The van der Waals surface area contributed by atoms with E-state index in [0.29, 0.717) is 12.8 Å². The lowest BCUT2D eigenvalue weighted by Gasteiger charge is -2.22. The van der Waals surface area contributed by atoms with Gasteiger partial charge in [0.05, 0.1) is 6.10 Å². The maximum atomic E-state index is 12.7. The number of hydrogen-bond acceptors (Lipinski definition) is 6. The Labute approximate surface area is 324 Å². The fraction of sp³-hybridized carbons (Fsp3) is 0.957. The van der Waals surface area contributed by atoms with Crippen molar-refractivity contribution in [1.29, 1.82) is 0 Å². The number of carbonyl (C=O) groups excluding carboxylic acids is 2. The first-order valence-corrected chi connectivity index (χ1v) is 23.2. The molecule has 6 nitrogen and oxygen atoms in total. The van der Waals surface area contributed by atoms with Crippen molar-refractivity contribution >= 4 is 11.9 Å². The van der Waals surface area contributed by atoms with Gasteiger partial charge < -0.3 is 19.5 Å². The van der Waals surface area contributed by atoms with E-state index in [9.17, 15) is 14.7 Å². The van der Waals surface area contributed by atoms with Crippen LogP contribution >= 0.6 is 0 Å². The Morgan fingerprint density at radius 2 is 0.788 bits per heavy atom. The lowest BCUT2D eigenvalue weighted by atomic mass is 10.0. The van der Waals surface area contributed by atoms with Gasteiger partial charge in [-0.1, -0.05) is 156 Å². The molecule has 0 spiro atoms. The van der Waals surface area contributed by atoms with Crippen molar-refractivity contribution < 1.29 is 24.2 Å². The smallest absolute Gasteiger partial charge is 0.306 e. The molecule has 0 aromatic rings. The molecule has 0 aliphatic rings. The third-order valence-electron chi connectivity index (χ3n) is 10.7. The van der Waals surface area contributed by atoms with E-state index in [0.717, 1.165) is 83.8 Å². The first kappa shape index (κ1) is 50.9. The van der Waals surface area contributed by atoms with Gasteiger partial charge in [0.15, 0.2) is 0 Å². The third kappa shape index (κ3) is 37.2. The lowest BCUT2D eigenvalue weighted by Crippen LogP contribution is -2.27. The summed E-state index contributed by atoms with van der Waals surface area (Å²) in [6.07, 6.45) is 39.3. The Hall–Kier alpha value is -1.14. The van der Waals surface area contributed by atoms with Crippen LogP contribution in [0.15, 0.2) is 0 Å². The number of esters is 2. The molecule has 0 bridgehead atoms. The lowest BCUT2D eigenvalue weighted by molar-refractivity contribution is -0.150. The molecule has 0 radical (unpaired) electrons. The maximum absolute atomic E-state index is 12.7. The number of carbonyl (C=O) groups is 2. The molecule has 0 aromatic heterocycles. The minimum absolute atomic E-state index is 0.0190. The highest BCUT2D eigenvalue weighted by Crippen LogP contribution is 2.19. The topological polar surface area (TPSA) is 76.1 Å². The zero-order valence-corrected chi connectivity index (χ0v) is 35.6.